The maximum Gasteiger partial charge on any atom is 0.338 e. The van der Waals surface area contributed by atoms with E-state index in [4.69, 9.17) is 9.47 Å². The lowest BCUT2D eigenvalue weighted by molar-refractivity contribution is -0.124. The van der Waals surface area contributed by atoms with E-state index in [0.29, 0.717) is 28.0 Å². The van der Waals surface area contributed by atoms with Gasteiger partial charge in [0, 0.05) is 29.2 Å². The molecule has 0 aliphatic rings. The Bertz CT molecular complexity index is 1370. The number of nitrogens with one attached hydrogen (secondary N) is 1. The number of nitrogens with zero attached hydrogens (tertiary/aromatic N) is 4. The molecular weight excluding hydrogens is 466 g/mol. The molecule has 180 valence electrons. The van der Waals surface area contributed by atoms with Crippen LogP contribution >= 0.6 is 11.8 Å². The van der Waals surface area contributed by atoms with E-state index in [1.54, 1.807) is 23.8 Å². The van der Waals surface area contributed by atoms with Crippen molar-refractivity contribution < 1.29 is 19.1 Å². The van der Waals surface area contributed by atoms with Crippen molar-refractivity contribution in [3.63, 3.8) is 0 Å². The zero-order valence-electron chi connectivity index (χ0n) is 19.6. The molecule has 0 saturated carbocycles. The number of carbonyl (C=O) groups excluding carboxylic acids is 2. The topological polar surface area (TPSA) is 108 Å². The summed E-state index contributed by atoms with van der Waals surface area (Å²) in [5.41, 5.74) is 3.81. The van der Waals surface area contributed by atoms with Gasteiger partial charge >= 0.3 is 5.97 Å². The predicted molar refractivity (Wildman–Crippen MR) is 131 cm³/mol. The van der Waals surface area contributed by atoms with Gasteiger partial charge in [0.1, 0.15) is 5.75 Å². The molecule has 9 nitrogen and oxygen atoms in total. The van der Waals surface area contributed by atoms with Crippen LogP contribution in [-0.2, 0) is 21.8 Å². The van der Waals surface area contributed by atoms with E-state index in [1.165, 1.54) is 11.8 Å². The Morgan fingerprint density at radius 1 is 1.03 bits per heavy atom. The molecule has 0 radical (unpaired) electrons. The number of fused-ring (bicyclic) bond motifs is 1. The van der Waals surface area contributed by atoms with Crippen LogP contribution in [0.3, 0.4) is 0 Å². The maximum atomic E-state index is 12.7. The average Bonchev–Trinajstić information content (AvgIpc) is 3.28. The lowest BCUT2D eigenvalue weighted by Gasteiger charge is -2.11. The fourth-order valence-electron chi connectivity index (χ4n) is 3.50. The van der Waals surface area contributed by atoms with Crippen LogP contribution in [0.1, 0.15) is 32.9 Å². The Morgan fingerprint density at radius 3 is 2.57 bits per heavy atom. The van der Waals surface area contributed by atoms with Gasteiger partial charge in [0.15, 0.2) is 6.61 Å². The summed E-state index contributed by atoms with van der Waals surface area (Å²) in [6, 6.07) is 16.4. The first-order valence-corrected chi connectivity index (χ1v) is 11.9. The van der Waals surface area contributed by atoms with Crippen molar-refractivity contribution >= 4 is 29.4 Å². The van der Waals surface area contributed by atoms with Gasteiger partial charge in [0.05, 0.1) is 12.7 Å². The molecule has 4 aromatic rings. The Hall–Kier alpha value is -3.92. The van der Waals surface area contributed by atoms with Gasteiger partial charge in [-0.3, -0.25) is 4.79 Å². The highest BCUT2D eigenvalue weighted by molar-refractivity contribution is 7.98. The van der Waals surface area contributed by atoms with Crippen LogP contribution in [-0.4, -0.2) is 45.2 Å². The van der Waals surface area contributed by atoms with Gasteiger partial charge in [0.2, 0.25) is 5.16 Å². The van der Waals surface area contributed by atoms with Gasteiger partial charge in [-0.25, -0.2) is 14.3 Å². The number of amides is 1. The maximum absolute atomic E-state index is 12.7. The summed E-state index contributed by atoms with van der Waals surface area (Å²) in [4.78, 5) is 33.8. The molecule has 35 heavy (non-hydrogen) atoms. The van der Waals surface area contributed by atoms with Crippen LogP contribution in [0, 0.1) is 13.8 Å². The molecule has 2 aromatic heterocycles. The second kappa shape index (κ2) is 11.0. The minimum atomic E-state index is -0.565. The zero-order chi connectivity index (χ0) is 24.8. The Kier molecular flexibility index (Phi) is 7.61. The lowest BCUT2D eigenvalue weighted by atomic mass is 10.1. The molecule has 0 unspecified atom stereocenters. The SMILES string of the molecule is COc1ccccc1CNC(=O)COC(=O)c1ccccc1CSc1nc2nc(C)cc(C)n2n1. The summed E-state index contributed by atoms with van der Waals surface area (Å²) in [6.07, 6.45) is 0. The molecule has 4 rings (SSSR count). The number of ether oxygens (including phenoxy) is 2. The molecule has 0 atom stereocenters. The van der Waals surface area contributed by atoms with Crippen LogP contribution in [0.2, 0.25) is 0 Å². The van der Waals surface area contributed by atoms with Crippen molar-refractivity contribution in [1.82, 2.24) is 24.9 Å². The molecular formula is C25H25N5O4S. The monoisotopic (exact) mass is 491 g/mol. The van der Waals surface area contributed by atoms with Crippen LogP contribution in [0.4, 0.5) is 0 Å². The molecule has 1 N–H and O–H groups in total. The molecule has 10 heteroatoms. The van der Waals surface area contributed by atoms with E-state index in [9.17, 15) is 9.59 Å². The summed E-state index contributed by atoms with van der Waals surface area (Å²) in [6.45, 7) is 3.75. The van der Waals surface area contributed by atoms with E-state index in [0.717, 1.165) is 22.5 Å². The van der Waals surface area contributed by atoms with E-state index in [1.807, 2.05) is 56.3 Å². The van der Waals surface area contributed by atoms with Crippen LogP contribution in [0.5, 0.6) is 5.75 Å². The molecule has 0 saturated heterocycles. The molecule has 2 heterocycles. The van der Waals surface area contributed by atoms with Gasteiger partial charge in [-0.1, -0.05) is 48.2 Å². The summed E-state index contributed by atoms with van der Waals surface area (Å²) in [7, 11) is 1.57. The van der Waals surface area contributed by atoms with E-state index in [-0.39, 0.29) is 13.2 Å². The molecule has 0 aliphatic carbocycles. The van der Waals surface area contributed by atoms with Gasteiger partial charge in [-0.2, -0.15) is 4.98 Å². The highest BCUT2D eigenvalue weighted by atomic mass is 32.2. The Labute approximate surface area is 206 Å². The fourth-order valence-corrected chi connectivity index (χ4v) is 4.32. The number of rotatable bonds is 9. The van der Waals surface area contributed by atoms with Crippen LogP contribution in [0.15, 0.2) is 59.8 Å². The number of aryl methyl sites for hydroxylation is 2. The summed E-state index contributed by atoms with van der Waals surface area (Å²) >= 11 is 1.40. The van der Waals surface area contributed by atoms with Crippen molar-refractivity contribution in [2.24, 2.45) is 0 Å². The number of carbonyl (C=O) groups is 2. The van der Waals surface area contributed by atoms with Crippen LogP contribution < -0.4 is 10.1 Å². The van der Waals surface area contributed by atoms with Gasteiger partial charge in [0.25, 0.3) is 11.7 Å². The first kappa shape index (κ1) is 24.2. The minimum absolute atomic E-state index is 0.271. The van der Waals surface area contributed by atoms with Crippen molar-refractivity contribution in [1.29, 1.82) is 0 Å². The number of benzene rings is 2. The normalized spacial score (nSPS) is 10.8. The molecule has 0 spiro atoms. The first-order valence-electron chi connectivity index (χ1n) is 10.9. The average molecular weight is 492 g/mol. The molecule has 0 aliphatic heterocycles. The first-order chi connectivity index (χ1) is 16.9. The second-order valence-corrected chi connectivity index (χ2v) is 8.70. The number of hydrogen-bond donors (Lipinski definition) is 1. The van der Waals surface area contributed by atoms with Gasteiger partial charge in [-0.15, -0.1) is 5.10 Å². The molecule has 0 fully saturated rings. The number of aromatic nitrogens is 4. The van der Waals surface area contributed by atoms with E-state index < -0.39 is 11.9 Å². The van der Waals surface area contributed by atoms with Crippen molar-refractivity contribution in [2.75, 3.05) is 13.7 Å². The van der Waals surface area contributed by atoms with E-state index in [2.05, 4.69) is 20.4 Å². The largest absolute Gasteiger partial charge is 0.496 e. The quantitative estimate of drug-likeness (QED) is 0.280. The van der Waals surface area contributed by atoms with Gasteiger partial charge in [-0.05, 0) is 37.6 Å². The van der Waals surface area contributed by atoms with Crippen molar-refractivity contribution in [2.45, 2.75) is 31.3 Å². The number of methoxy groups -OCH3 is 1. The van der Waals surface area contributed by atoms with Crippen molar-refractivity contribution in [3.8, 4) is 5.75 Å². The van der Waals surface area contributed by atoms with E-state index >= 15 is 0 Å². The van der Waals surface area contributed by atoms with Crippen molar-refractivity contribution in [3.05, 3.63) is 82.7 Å². The third kappa shape index (κ3) is 5.96. The number of thioether (sulfide) groups is 1. The predicted octanol–water partition coefficient (Wildman–Crippen LogP) is 3.52. The molecule has 0 bridgehead atoms. The van der Waals surface area contributed by atoms with Crippen LogP contribution in [0.25, 0.3) is 5.78 Å². The highest BCUT2D eigenvalue weighted by Crippen LogP contribution is 2.23. The Balaban J connectivity index is 1.34. The number of para-hydroxylation sites is 1. The Morgan fingerprint density at radius 2 is 1.77 bits per heavy atom. The zero-order valence-corrected chi connectivity index (χ0v) is 20.5. The van der Waals surface area contributed by atoms with Gasteiger partial charge < -0.3 is 14.8 Å². The second-order valence-electron chi connectivity index (χ2n) is 7.76. The third-order valence-electron chi connectivity index (χ3n) is 5.20. The minimum Gasteiger partial charge on any atom is -0.496 e. The summed E-state index contributed by atoms with van der Waals surface area (Å²) < 4.78 is 12.2. The summed E-state index contributed by atoms with van der Waals surface area (Å²) in [5.74, 6) is 0.710. The third-order valence-corrected chi connectivity index (χ3v) is 6.08. The lowest BCUT2D eigenvalue weighted by Crippen LogP contribution is -2.28. The highest BCUT2D eigenvalue weighted by Gasteiger charge is 2.16. The smallest absolute Gasteiger partial charge is 0.338 e. The molecule has 2 aromatic carbocycles. The summed E-state index contributed by atoms with van der Waals surface area (Å²) in [5, 5.41) is 7.79. The standard InChI is InChI=1S/C25H25N5O4S/c1-16-12-17(2)30-24(27-16)28-25(29-30)35-15-19-9-4-6-10-20(19)23(32)34-14-22(31)26-13-18-8-5-7-11-21(18)33-3/h4-12H,13-15H2,1-3H3,(H,26,31). The fraction of sp³-hybridized carbons (Fsp3) is 0.240. The number of esters is 1. The number of hydrogen-bond acceptors (Lipinski definition) is 8. The molecule has 1 amide bonds.